The van der Waals surface area contributed by atoms with Crippen LogP contribution in [-0.4, -0.2) is 19.1 Å². The van der Waals surface area contributed by atoms with Crippen molar-refractivity contribution in [1.29, 1.82) is 5.26 Å². The molecule has 0 aliphatic carbocycles. The molecule has 0 aromatic heterocycles. The van der Waals surface area contributed by atoms with Crippen LogP contribution < -0.4 is 14.8 Å². The Morgan fingerprint density at radius 3 is 2.47 bits per heavy atom. The van der Waals surface area contributed by atoms with Crippen molar-refractivity contribution in [2.24, 2.45) is 0 Å². The second kappa shape index (κ2) is 14.5. The summed E-state index contributed by atoms with van der Waals surface area (Å²) in [6, 6.07) is 9.36. The largest absolute Gasteiger partial charge is 0.490 e. The molecule has 0 unspecified atom stereocenters. The van der Waals surface area contributed by atoms with Gasteiger partial charge >= 0.3 is 6.18 Å². The van der Waals surface area contributed by atoms with E-state index in [0.717, 1.165) is 25.0 Å². The summed E-state index contributed by atoms with van der Waals surface area (Å²) < 4.78 is 51.1. The summed E-state index contributed by atoms with van der Waals surface area (Å²) in [6.07, 6.45) is 3.60. The van der Waals surface area contributed by atoms with E-state index in [0.29, 0.717) is 34.7 Å². The van der Waals surface area contributed by atoms with Crippen LogP contribution in [-0.2, 0) is 11.0 Å². The topological polar surface area (TPSA) is 71.3 Å². The van der Waals surface area contributed by atoms with Crippen LogP contribution in [0, 0.1) is 11.3 Å². The number of carbonyl (C=O) groups is 1. The smallest absolute Gasteiger partial charge is 0.416 e. The van der Waals surface area contributed by atoms with E-state index in [4.69, 9.17) is 9.47 Å². The van der Waals surface area contributed by atoms with Gasteiger partial charge in [0.15, 0.2) is 11.5 Å². The lowest BCUT2D eigenvalue weighted by Gasteiger charge is -2.15. The number of anilines is 1. The number of nitriles is 1. The first-order valence-electron chi connectivity index (χ1n) is 11.9. The van der Waals surface area contributed by atoms with Crippen molar-refractivity contribution in [1.82, 2.24) is 0 Å². The monoisotopic (exact) mass is 566 g/mol. The van der Waals surface area contributed by atoms with E-state index in [1.807, 2.05) is 6.92 Å². The van der Waals surface area contributed by atoms with Crippen LogP contribution in [0.4, 0.5) is 18.9 Å². The van der Waals surface area contributed by atoms with Crippen molar-refractivity contribution in [3.63, 3.8) is 0 Å². The van der Waals surface area contributed by atoms with E-state index < -0.39 is 17.6 Å². The summed E-state index contributed by atoms with van der Waals surface area (Å²) in [5.74, 6) is 0.170. The first-order valence-corrected chi connectivity index (χ1v) is 12.7. The third-order valence-electron chi connectivity index (χ3n) is 5.20. The van der Waals surface area contributed by atoms with Gasteiger partial charge in [0.1, 0.15) is 11.6 Å². The maximum absolute atomic E-state index is 12.9. The molecule has 2 rings (SSSR count). The Kier molecular flexibility index (Phi) is 11.8. The minimum Gasteiger partial charge on any atom is -0.490 e. The molecule has 0 atom stereocenters. The maximum atomic E-state index is 12.9. The standard InChI is InChI=1S/C27H30BrF3N2O3/c1-3-5-6-7-8-9-13-36-25-23(28)15-19(16-24(25)35-4-2)14-20(18-32)26(34)33-22-12-10-11-21(17-22)27(29,30)31/h10-12,14-17H,3-9,13H2,1-2H3,(H,33,34)/b20-14+. The molecule has 1 N–H and O–H groups in total. The van der Waals surface area contributed by atoms with E-state index in [9.17, 15) is 23.2 Å². The zero-order valence-electron chi connectivity index (χ0n) is 20.4. The van der Waals surface area contributed by atoms with Gasteiger partial charge in [0.05, 0.1) is 23.2 Å². The summed E-state index contributed by atoms with van der Waals surface area (Å²) in [5, 5.41) is 11.9. The molecule has 2 aromatic carbocycles. The van der Waals surface area contributed by atoms with Crippen LogP contribution in [0.25, 0.3) is 6.08 Å². The first kappa shape index (κ1) is 29.2. The molecule has 0 fully saturated rings. The number of alkyl halides is 3. The Morgan fingerprint density at radius 1 is 1.08 bits per heavy atom. The number of carbonyl (C=O) groups excluding carboxylic acids is 1. The van der Waals surface area contributed by atoms with Gasteiger partial charge in [0.2, 0.25) is 0 Å². The molecule has 0 spiro atoms. The van der Waals surface area contributed by atoms with Gasteiger partial charge in [0.25, 0.3) is 5.91 Å². The fourth-order valence-electron chi connectivity index (χ4n) is 3.42. The van der Waals surface area contributed by atoms with E-state index in [1.165, 1.54) is 43.9 Å². The second-order valence-electron chi connectivity index (χ2n) is 8.08. The fraction of sp³-hybridized carbons (Fsp3) is 0.407. The highest BCUT2D eigenvalue weighted by atomic mass is 79.9. The van der Waals surface area contributed by atoms with Gasteiger partial charge in [-0.1, -0.05) is 45.1 Å². The van der Waals surface area contributed by atoms with Crippen LogP contribution in [0.3, 0.4) is 0 Å². The number of amides is 1. The van der Waals surface area contributed by atoms with Crippen molar-refractivity contribution < 1.29 is 27.4 Å². The molecule has 2 aromatic rings. The van der Waals surface area contributed by atoms with Crippen molar-refractivity contribution in [2.45, 2.75) is 58.5 Å². The highest BCUT2D eigenvalue weighted by Gasteiger charge is 2.30. The molecule has 0 aliphatic rings. The fourth-order valence-corrected chi connectivity index (χ4v) is 3.99. The molecule has 9 heteroatoms. The molecular weight excluding hydrogens is 537 g/mol. The first-order chi connectivity index (χ1) is 17.2. The predicted octanol–water partition coefficient (Wildman–Crippen LogP) is 8.15. The number of hydrogen-bond acceptors (Lipinski definition) is 4. The van der Waals surface area contributed by atoms with Gasteiger partial charge in [-0.2, -0.15) is 18.4 Å². The van der Waals surface area contributed by atoms with Gasteiger partial charge < -0.3 is 14.8 Å². The van der Waals surface area contributed by atoms with Crippen molar-refractivity contribution in [3.05, 3.63) is 57.6 Å². The van der Waals surface area contributed by atoms with E-state index in [1.54, 1.807) is 18.2 Å². The average molecular weight is 567 g/mol. The number of ether oxygens (including phenoxy) is 2. The third kappa shape index (κ3) is 9.23. The zero-order chi connectivity index (χ0) is 26.6. The van der Waals surface area contributed by atoms with Crippen LogP contribution in [0.15, 0.2) is 46.4 Å². The minimum atomic E-state index is -4.55. The molecule has 0 heterocycles. The Hall–Kier alpha value is -2.99. The molecule has 36 heavy (non-hydrogen) atoms. The lowest BCUT2D eigenvalue weighted by atomic mass is 10.1. The lowest BCUT2D eigenvalue weighted by molar-refractivity contribution is -0.137. The number of nitrogens with one attached hydrogen (secondary N) is 1. The normalized spacial score (nSPS) is 11.6. The third-order valence-corrected chi connectivity index (χ3v) is 5.79. The molecule has 0 saturated carbocycles. The van der Waals surface area contributed by atoms with Gasteiger partial charge in [0, 0.05) is 5.69 Å². The van der Waals surface area contributed by atoms with Crippen LogP contribution in [0.1, 0.15) is 63.5 Å². The minimum absolute atomic E-state index is 0.0643. The summed E-state index contributed by atoms with van der Waals surface area (Å²) in [7, 11) is 0. The van der Waals surface area contributed by atoms with Gasteiger partial charge in [-0.05, 0) is 71.2 Å². The van der Waals surface area contributed by atoms with Crippen LogP contribution in [0.2, 0.25) is 0 Å². The zero-order valence-corrected chi connectivity index (χ0v) is 22.0. The highest BCUT2D eigenvalue weighted by Crippen LogP contribution is 2.38. The second-order valence-corrected chi connectivity index (χ2v) is 8.94. The number of hydrogen-bond donors (Lipinski definition) is 1. The highest BCUT2D eigenvalue weighted by molar-refractivity contribution is 9.10. The Balaban J connectivity index is 2.16. The number of unbranched alkanes of at least 4 members (excludes halogenated alkanes) is 5. The molecule has 0 saturated heterocycles. The molecule has 194 valence electrons. The van der Waals surface area contributed by atoms with Gasteiger partial charge in [-0.25, -0.2) is 0 Å². The number of rotatable bonds is 13. The number of halogens is 4. The quantitative estimate of drug-likeness (QED) is 0.151. The molecule has 0 bridgehead atoms. The van der Waals surface area contributed by atoms with E-state index in [2.05, 4.69) is 28.2 Å². The lowest BCUT2D eigenvalue weighted by Crippen LogP contribution is -2.14. The van der Waals surface area contributed by atoms with Crippen molar-refractivity contribution in [2.75, 3.05) is 18.5 Å². The van der Waals surface area contributed by atoms with Crippen LogP contribution >= 0.6 is 15.9 Å². The SMILES string of the molecule is CCCCCCCCOc1c(Br)cc(/C=C(\C#N)C(=O)Nc2cccc(C(F)(F)F)c2)cc1OCC. The van der Waals surface area contributed by atoms with E-state index >= 15 is 0 Å². The maximum Gasteiger partial charge on any atom is 0.416 e. The van der Waals surface area contributed by atoms with Gasteiger partial charge in [-0.15, -0.1) is 0 Å². The molecule has 0 aliphatic heterocycles. The van der Waals surface area contributed by atoms with Crippen molar-refractivity contribution in [3.8, 4) is 17.6 Å². The summed E-state index contributed by atoms with van der Waals surface area (Å²) in [6.45, 7) is 4.92. The summed E-state index contributed by atoms with van der Waals surface area (Å²) in [5.41, 5.74) is -0.745. The molecule has 0 radical (unpaired) electrons. The Bertz CT molecular complexity index is 1090. The molecule has 5 nitrogen and oxygen atoms in total. The number of benzene rings is 2. The summed E-state index contributed by atoms with van der Waals surface area (Å²) in [4.78, 5) is 12.6. The average Bonchev–Trinajstić information content (AvgIpc) is 2.83. The Morgan fingerprint density at radius 2 is 1.81 bits per heavy atom. The molecule has 1 amide bonds. The predicted molar refractivity (Wildman–Crippen MR) is 138 cm³/mol. The number of nitrogens with zero attached hydrogens (tertiary/aromatic N) is 1. The summed E-state index contributed by atoms with van der Waals surface area (Å²) >= 11 is 3.48. The van der Waals surface area contributed by atoms with Gasteiger partial charge in [-0.3, -0.25) is 4.79 Å². The Labute approximate surface area is 218 Å². The van der Waals surface area contributed by atoms with Crippen molar-refractivity contribution >= 4 is 33.6 Å². The molecular formula is C27H30BrF3N2O3. The van der Waals surface area contributed by atoms with Crippen LogP contribution in [0.5, 0.6) is 11.5 Å². The van der Waals surface area contributed by atoms with E-state index in [-0.39, 0.29) is 11.3 Å².